The van der Waals surface area contributed by atoms with Gasteiger partial charge in [-0.25, -0.2) is 0 Å². The summed E-state index contributed by atoms with van der Waals surface area (Å²) in [4.78, 5) is 13.5. The highest BCUT2D eigenvalue weighted by atomic mass is 16.8. The lowest BCUT2D eigenvalue weighted by Crippen LogP contribution is -2.66. The van der Waals surface area contributed by atoms with E-state index in [9.17, 15) is 61.0 Å². The molecule has 3 rings (SSSR count). The lowest BCUT2D eigenvalue weighted by Gasteiger charge is -2.48. The summed E-state index contributed by atoms with van der Waals surface area (Å²) < 4.78 is 34.6. The van der Waals surface area contributed by atoms with Gasteiger partial charge in [0.25, 0.3) is 0 Å². The molecule has 0 radical (unpaired) electrons. The average molecular weight is 1450 g/mol. The summed E-state index contributed by atoms with van der Waals surface area (Å²) in [6, 6.07) is -0.884. The summed E-state index contributed by atoms with van der Waals surface area (Å²) in [6.07, 6.45) is 47.7. The van der Waals surface area contributed by atoms with Crippen LogP contribution in [0.15, 0.2) is 0 Å². The molecule has 3 heterocycles. The van der Waals surface area contributed by atoms with E-state index in [1.807, 2.05) is 0 Å². The Kier molecular flexibility index (Phi) is 59.3. The number of amides is 1. The van der Waals surface area contributed by atoms with Gasteiger partial charge in [0.1, 0.15) is 73.2 Å². The van der Waals surface area contributed by atoms with Crippen molar-refractivity contribution >= 4 is 5.91 Å². The summed E-state index contributed by atoms with van der Waals surface area (Å²) >= 11 is 0. The molecule has 19 nitrogen and oxygen atoms in total. The third-order valence-electron chi connectivity index (χ3n) is 21.9. The Morgan fingerprint density at radius 3 is 0.861 bits per heavy atom. The first-order valence-electron chi connectivity index (χ1n) is 42.8. The van der Waals surface area contributed by atoms with Crippen molar-refractivity contribution < 1.29 is 89.4 Å². The van der Waals surface area contributed by atoms with Gasteiger partial charge in [0.05, 0.1) is 38.6 Å². The molecule has 0 aromatic rings. The highest BCUT2D eigenvalue weighted by molar-refractivity contribution is 5.76. The first-order valence-corrected chi connectivity index (χ1v) is 42.8. The molecule has 0 aromatic heterocycles. The fourth-order valence-corrected chi connectivity index (χ4v) is 15.1. The lowest BCUT2D eigenvalue weighted by molar-refractivity contribution is -0.379. The topological polar surface area (TPSA) is 307 Å². The Bertz CT molecular complexity index is 1820. The first kappa shape index (κ1) is 94.0. The summed E-state index contributed by atoms with van der Waals surface area (Å²) in [5.74, 6) is -0.232. The minimum atomic E-state index is -1.97. The van der Waals surface area contributed by atoms with E-state index in [0.717, 1.165) is 44.9 Å². The zero-order chi connectivity index (χ0) is 73.2. The van der Waals surface area contributed by atoms with Crippen molar-refractivity contribution in [2.45, 2.75) is 491 Å². The highest BCUT2D eigenvalue weighted by Gasteiger charge is 2.54. The Morgan fingerprint density at radius 2 is 0.564 bits per heavy atom. The van der Waals surface area contributed by atoms with Crippen molar-refractivity contribution in [2.24, 2.45) is 0 Å². The van der Waals surface area contributed by atoms with Crippen LogP contribution in [-0.2, 0) is 33.2 Å². The van der Waals surface area contributed by atoms with Crippen LogP contribution in [0.5, 0.6) is 0 Å². The van der Waals surface area contributed by atoms with Crippen molar-refractivity contribution in [3.8, 4) is 0 Å². The molecule has 3 aliphatic rings. The Balaban J connectivity index is 1.34. The Hall–Kier alpha value is -1.21. The van der Waals surface area contributed by atoms with Gasteiger partial charge in [-0.3, -0.25) is 4.79 Å². The van der Waals surface area contributed by atoms with Gasteiger partial charge < -0.3 is 89.9 Å². The average Bonchev–Trinajstić information content (AvgIpc) is 0.790. The molecule has 0 spiro atoms. The second kappa shape index (κ2) is 63.7. The van der Waals surface area contributed by atoms with E-state index >= 15 is 0 Å². The second-order valence-corrected chi connectivity index (χ2v) is 31.0. The summed E-state index contributed by atoms with van der Waals surface area (Å²) in [7, 11) is 0. The van der Waals surface area contributed by atoms with Crippen molar-refractivity contribution in [3.63, 3.8) is 0 Å². The number of carbonyl (C=O) groups excluding carboxylic acids is 1. The number of ether oxygens (including phenoxy) is 6. The van der Waals surface area contributed by atoms with Crippen molar-refractivity contribution in [2.75, 3.05) is 26.4 Å². The number of hydrogen-bond donors (Lipinski definition) is 12. The van der Waals surface area contributed by atoms with Crippen molar-refractivity contribution in [1.82, 2.24) is 5.32 Å². The fraction of sp³-hybridized carbons (Fsp3) is 0.988. The SMILES string of the molecule is CCCCCCCCCCCCCCCCCCCCCCCCCCCCCCCCC(O)C(COC1OC(CO)C(OC2OC(CO)C(OC3OC(CO)C(O)C(O)C3O)C(O)C2O)C(O)C1O)NC(=O)CCCCCCCCCCCCCCCCCCCCCCCCCCCC. The van der Waals surface area contributed by atoms with Gasteiger partial charge in [-0.2, -0.15) is 0 Å². The molecule has 3 fully saturated rings. The van der Waals surface area contributed by atoms with Crippen LogP contribution in [0.2, 0.25) is 0 Å². The largest absolute Gasteiger partial charge is 0.394 e. The van der Waals surface area contributed by atoms with Crippen LogP contribution in [0.1, 0.15) is 386 Å². The van der Waals surface area contributed by atoms with Gasteiger partial charge in [0.2, 0.25) is 5.91 Å². The zero-order valence-electron chi connectivity index (χ0n) is 64.4. The quantitative estimate of drug-likeness (QED) is 0.0252. The molecule has 0 aliphatic carbocycles. The van der Waals surface area contributed by atoms with Crippen LogP contribution in [0.4, 0.5) is 0 Å². The van der Waals surface area contributed by atoms with Crippen LogP contribution >= 0.6 is 0 Å². The molecule has 3 aliphatic heterocycles. The molecule has 3 saturated heterocycles. The second-order valence-electron chi connectivity index (χ2n) is 31.0. The van der Waals surface area contributed by atoms with Gasteiger partial charge in [-0.15, -0.1) is 0 Å². The van der Waals surface area contributed by atoms with Crippen LogP contribution < -0.4 is 5.32 Å². The maximum Gasteiger partial charge on any atom is 0.220 e. The smallest absolute Gasteiger partial charge is 0.220 e. The molecule has 0 aromatic carbocycles. The highest BCUT2D eigenvalue weighted by Crippen LogP contribution is 2.34. The molecule has 12 N–H and O–H groups in total. The minimum absolute atomic E-state index is 0.232. The third-order valence-corrected chi connectivity index (χ3v) is 21.9. The number of carbonyl (C=O) groups is 1. The maximum atomic E-state index is 13.5. The molecule has 101 heavy (non-hydrogen) atoms. The predicted molar refractivity (Wildman–Crippen MR) is 402 cm³/mol. The van der Waals surface area contributed by atoms with Gasteiger partial charge in [0.15, 0.2) is 18.9 Å². The number of rotatable bonds is 70. The lowest BCUT2D eigenvalue weighted by atomic mass is 9.96. The zero-order valence-corrected chi connectivity index (χ0v) is 64.4. The van der Waals surface area contributed by atoms with Crippen molar-refractivity contribution in [1.29, 1.82) is 0 Å². The molecule has 17 atom stereocenters. The van der Waals surface area contributed by atoms with Gasteiger partial charge in [-0.1, -0.05) is 367 Å². The van der Waals surface area contributed by atoms with E-state index in [1.165, 1.54) is 308 Å². The van der Waals surface area contributed by atoms with Gasteiger partial charge in [0, 0.05) is 6.42 Å². The monoisotopic (exact) mass is 1450 g/mol. The van der Waals surface area contributed by atoms with E-state index in [-0.39, 0.29) is 18.9 Å². The molecule has 1 amide bonds. The number of nitrogens with one attached hydrogen (secondary N) is 1. The number of hydrogen-bond acceptors (Lipinski definition) is 18. The molecular formula is C82H159NO18. The van der Waals surface area contributed by atoms with E-state index < -0.39 is 124 Å². The van der Waals surface area contributed by atoms with Crippen LogP contribution in [0, 0.1) is 0 Å². The van der Waals surface area contributed by atoms with Crippen molar-refractivity contribution in [3.05, 3.63) is 0 Å². The normalized spacial score (nSPS) is 26.2. The predicted octanol–water partition coefficient (Wildman–Crippen LogP) is 15.0. The number of aliphatic hydroxyl groups excluding tert-OH is 11. The molecule has 600 valence electrons. The molecule has 0 saturated carbocycles. The van der Waals surface area contributed by atoms with E-state index in [2.05, 4.69) is 19.2 Å². The van der Waals surface area contributed by atoms with Crippen LogP contribution in [0.3, 0.4) is 0 Å². The maximum absolute atomic E-state index is 13.5. The molecule has 19 heteroatoms. The van der Waals surface area contributed by atoms with E-state index in [4.69, 9.17) is 28.4 Å². The number of aliphatic hydroxyl groups is 11. The Labute approximate surface area is 614 Å². The standard InChI is InChI=1S/C82H159NO18/c1-3-5-7-9-11-13-15-17-19-21-23-25-27-29-31-32-33-34-35-37-39-41-43-45-47-49-51-53-55-57-59-66(87)65(83-70(88)60-58-56-54-52-50-48-46-44-42-40-38-36-30-28-26-24-22-20-18-16-14-12-10-8-6-4-2)64-96-80-76(94)73(91)78(68(62-85)98-80)101-82-77(95)74(92)79(69(63-86)99-82)100-81-75(93)72(90)71(89)67(61-84)97-81/h65-69,71-82,84-87,89-95H,3-64H2,1-2H3,(H,83,88). The molecule has 0 bridgehead atoms. The van der Waals surface area contributed by atoms with E-state index in [0.29, 0.717) is 12.8 Å². The van der Waals surface area contributed by atoms with Crippen LogP contribution in [-0.4, -0.2) is 193 Å². The van der Waals surface area contributed by atoms with E-state index in [1.54, 1.807) is 0 Å². The summed E-state index contributed by atoms with van der Waals surface area (Å²) in [5.41, 5.74) is 0. The minimum Gasteiger partial charge on any atom is -0.394 e. The molecular weight excluding hydrogens is 1290 g/mol. The summed E-state index contributed by atoms with van der Waals surface area (Å²) in [5, 5.41) is 121. The summed E-state index contributed by atoms with van der Waals surface area (Å²) in [6.45, 7) is 1.88. The number of unbranched alkanes of at least 4 members (excludes halogenated alkanes) is 54. The molecule has 17 unspecified atom stereocenters. The fourth-order valence-electron chi connectivity index (χ4n) is 15.1. The van der Waals surface area contributed by atoms with Gasteiger partial charge in [-0.05, 0) is 12.8 Å². The third kappa shape index (κ3) is 43.5. The first-order chi connectivity index (χ1) is 49.3. The Morgan fingerprint density at radius 1 is 0.317 bits per heavy atom. The van der Waals surface area contributed by atoms with Gasteiger partial charge >= 0.3 is 0 Å². The van der Waals surface area contributed by atoms with Crippen LogP contribution in [0.25, 0.3) is 0 Å².